The van der Waals surface area contributed by atoms with Crippen LogP contribution in [0.5, 0.6) is 0 Å². The fourth-order valence-electron chi connectivity index (χ4n) is 2.53. The lowest BCUT2D eigenvalue weighted by molar-refractivity contribution is 0.468. The van der Waals surface area contributed by atoms with Gasteiger partial charge in [0.25, 0.3) is 0 Å². The Morgan fingerprint density at radius 2 is 2.17 bits per heavy atom. The van der Waals surface area contributed by atoms with Crippen LogP contribution in [-0.2, 0) is 0 Å². The lowest BCUT2D eigenvalue weighted by Crippen LogP contribution is -1.97. The first-order valence-corrected chi connectivity index (χ1v) is 7.41. The van der Waals surface area contributed by atoms with Crippen LogP contribution in [0.4, 0.5) is 8.78 Å². The summed E-state index contributed by atoms with van der Waals surface area (Å²) in [5.74, 6) is -0.345. The molecule has 0 bridgehead atoms. The Balaban J connectivity index is 1.90. The third-order valence-corrected chi connectivity index (χ3v) is 3.87. The minimum atomic E-state index is -0.874. The van der Waals surface area contributed by atoms with Crippen LogP contribution in [0.15, 0.2) is 41.5 Å². The molecule has 0 saturated heterocycles. The number of nitrogens with zero attached hydrogens (tertiary/aromatic N) is 4. The minimum absolute atomic E-state index is 0.302. The lowest BCUT2D eigenvalue weighted by atomic mass is 10.1. The number of aliphatic imine (C=N–C) groups is 1. The summed E-state index contributed by atoms with van der Waals surface area (Å²) >= 11 is 0. The maximum absolute atomic E-state index is 14.4. The zero-order valence-corrected chi connectivity index (χ0v) is 12.4. The summed E-state index contributed by atoms with van der Waals surface area (Å²) < 4.78 is 29.0. The molecule has 2 unspecified atom stereocenters. The zero-order chi connectivity index (χ0) is 16.0. The Hall–Kier alpha value is -2.63. The maximum atomic E-state index is 14.4. The first kappa shape index (κ1) is 14.0. The summed E-state index contributed by atoms with van der Waals surface area (Å²) in [7, 11) is 0. The number of alkyl halides is 1. The maximum Gasteiger partial charge on any atom is 0.155 e. The van der Waals surface area contributed by atoms with Crippen molar-refractivity contribution in [2.75, 3.05) is 0 Å². The van der Waals surface area contributed by atoms with Crippen molar-refractivity contribution < 1.29 is 8.78 Å². The molecule has 1 fully saturated rings. The minimum Gasteiger partial charge on any atom is -0.284 e. The second-order valence-electron chi connectivity index (χ2n) is 5.72. The molecule has 1 aromatic carbocycles. The molecule has 0 aliphatic heterocycles. The van der Waals surface area contributed by atoms with Crippen LogP contribution >= 0.6 is 0 Å². The van der Waals surface area contributed by atoms with Crippen molar-refractivity contribution in [3.05, 3.63) is 53.6 Å². The highest BCUT2D eigenvalue weighted by molar-refractivity contribution is 5.89. The Bertz CT molecular complexity index is 916. The van der Waals surface area contributed by atoms with E-state index in [1.54, 1.807) is 28.9 Å². The second kappa shape index (κ2) is 5.22. The number of aryl methyl sites for hydroxylation is 1. The van der Waals surface area contributed by atoms with E-state index in [1.165, 1.54) is 12.3 Å². The quantitative estimate of drug-likeness (QED) is 0.696. The highest BCUT2D eigenvalue weighted by Gasteiger charge is 2.36. The van der Waals surface area contributed by atoms with Gasteiger partial charge in [0.1, 0.15) is 23.4 Å². The Kier molecular flexibility index (Phi) is 3.18. The molecule has 3 aromatic rings. The largest absolute Gasteiger partial charge is 0.284 e. The average Bonchev–Trinajstić information content (AvgIpc) is 3.11. The number of halogens is 2. The smallest absolute Gasteiger partial charge is 0.155 e. The predicted octanol–water partition coefficient (Wildman–Crippen LogP) is 3.37. The summed E-state index contributed by atoms with van der Waals surface area (Å²) in [5, 5.41) is 4.25. The summed E-state index contributed by atoms with van der Waals surface area (Å²) in [6, 6.07) is 8.25. The van der Waals surface area contributed by atoms with Crippen molar-refractivity contribution in [3.63, 3.8) is 0 Å². The zero-order valence-electron chi connectivity index (χ0n) is 12.4. The van der Waals surface area contributed by atoms with Crippen LogP contribution in [0.25, 0.3) is 16.9 Å². The van der Waals surface area contributed by atoms with Crippen molar-refractivity contribution in [1.29, 1.82) is 0 Å². The van der Waals surface area contributed by atoms with Gasteiger partial charge in [-0.2, -0.15) is 5.10 Å². The molecule has 1 aliphatic carbocycles. The molecule has 0 radical (unpaired) electrons. The van der Waals surface area contributed by atoms with Crippen LogP contribution < -0.4 is 0 Å². The first-order chi connectivity index (χ1) is 11.1. The molecule has 1 saturated carbocycles. The molecule has 4 nitrogen and oxygen atoms in total. The van der Waals surface area contributed by atoms with E-state index >= 15 is 0 Å². The SMILES string of the molecule is Cc1ccc(-c2c(C=NC3CC3F)nc3cccnn23)c(F)c1. The highest BCUT2D eigenvalue weighted by Crippen LogP contribution is 2.30. The summed E-state index contributed by atoms with van der Waals surface area (Å²) in [6.45, 7) is 1.83. The summed E-state index contributed by atoms with van der Waals surface area (Å²) in [4.78, 5) is 8.63. The molecule has 116 valence electrons. The highest BCUT2D eigenvalue weighted by atomic mass is 19.1. The lowest BCUT2D eigenvalue weighted by Gasteiger charge is -2.05. The number of rotatable bonds is 3. The van der Waals surface area contributed by atoms with E-state index in [-0.39, 0.29) is 11.9 Å². The van der Waals surface area contributed by atoms with E-state index in [4.69, 9.17) is 0 Å². The Morgan fingerprint density at radius 1 is 1.35 bits per heavy atom. The van der Waals surface area contributed by atoms with Crippen LogP contribution in [0.2, 0.25) is 0 Å². The van der Waals surface area contributed by atoms with Crippen molar-refractivity contribution in [2.45, 2.75) is 25.6 Å². The third kappa shape index (κ3) is 2.50. The molecular formula is C17H14F2N4. The van der Waals surface area contributed by atoms with Gasteiger partial charge < -0.3 is 0 Å². The van der Waals surface area contributed by atoms with Crippen LogP contribution in [0, 0.1) is 12.7 Å². The normalized spacial score (nSPS) is 20.5. The number of hydrogen-bond acceptors (Lipinski definition) is 3. The topological polar surface area (TPSA) is 42.5 Å². The molecule has 0 spiro atoms. The van der Waals surface area contributed by atoms with Crippen LogP contribution in [-0.4, -0.2) is 33.0 Å². The van der Waals surface area contributed by atoms with Gasteiger partial charge in [-0.3, -0.25) is 4.99 Å². The second-order valence-corrected chi connectivity index (χ2v) is 5.72. The van der Waals surface area contributed by atoms with Gasteiger partial charge in [0.15, 0.2) is 5.65 Å². The van der Waals surface area contributed by atoms with E-state index in [0.29, 0.717) is 29.0 Å². The molecule has 6 heteroatoms. The number of imidazole rings is 1. The van der Waals surface area contributed by atoms with Crippen molar-refractivity contribution in [3.8, 4) is 11.3 Å². The van der Waals surface area contributed by atoms with Gasteiger partial charge in [-0.25, -0.2) is 18.3 Å². The van der Waals surface area contributed by atoms with E-state index in [2.05, 4.69) is 15.1 Å². The van der Waals surface area contributed by atoms with Crippen LogP contribution in [0.1, 0.15) is 17.7 Å². The third-order valence-electron chi connectivity index (χ3n) is 3.87. The van der Waals surface area contributed by atoms with E-state index in [0.717, 1.165) is 5.56 Å². The van der Waals surface area contributed by atoms with E-state index in [1.807, 2.05) is 13.0 Å². The summed E-state index contributed by atoms with van der Waals surface area (Å²) in [6.07, 6.45) is 2.70. The number of hydrogen-bond donors (Lipinski definition) is 0. The van der Waals surface area contributed by atoms with Gasteiger partial charge in [-0.05, 0) is 36.8 Å². The molecule has 0 amide bonds. The number of benzene rings is 1. The molecular weight excluding hydrogens is 298 g/mol. The van der Waals surface area contributed by atoms with E-state index < -0.39 is 6.17 Å². The van der Waals surface area contributed by atoms with Gasteiger partial charge in [0.05, 0.1) is 6.04 Å². The average molecular weight is 312 g/mol. The van der Waals surface area contributed by atoms with E-state index in [9.17, 15) is 8.78 Å². The van der Waals surface area contributed by atoms with Crippen LogP contribution in [0.3, 0.4) is 0 Å². The first-order valence-electron chi connectivity index (χ1n) is 7.41. The molecule has 1 aliphatic rings. The van der Waals surface area contributed by atoms with Gasteiger partial charge >= 0.3 is 0 Å². The molecule has 2 aromatic heterocycles. The fourth-order valence-corrected chi connectivity index (χ4v) is 2.53. The monoisotopic (exact) mass is 312 g/mol. The van der Waals surface area contributed by atoms with Crippen molar-refractivity contribution in [1.82, 2.24) is 14.6 Å². The van der Waals surface area contributed by atoms with Gasteiger partial charge in [0, 0.05) is 24.4 Å². The van der Waals surface area contributed by atoms with Crippen molar-refractivity contribution >= 4 is 11.9 Å². The molecule has 2 heterocycles. The van der Waals surface area contributed by atoms with Gasteiger partial charge in [0.2, 0.25) is 0 Å². The van der Waals surface area contributed by atoms with Crippen molar-refractivity contribution in [2.24, 2.45) is 4.99 Å². The number of aromatic nitrogens is 3. The summed E-state index contributed by atoms with van der Waals surface area (Å²) in [5.41, 5.74) is 2.84. The molecule has 0 N–H and O–H groups in total. The molecule has 2 atom stereocenters. The predicted molar refractivity (Wildman–Crippen MR) is 84.0 cm³/mol. The fraction of sp³-hybridized carbons (Fsp3) is 0.235. The Morgan fingerprint density at radius 3 is 2.91 bits per heavy atom. The molecule has 23 heavy (non-hydrogen) atoms. The van der Waals surface area contributed by atoms with Gasteiger partial charge in [-0.15, -0.1) is 0 Å². The van der Waals surface area contributed by atoms with Gasteiger partial charge in [-0.1, -0.05) is 6.07 Å². The standard InChI is InChI=1S/C17H14F2N4/c1-10-4-5-11(12(18)7-10)17-15(9-20-14-8-13(14)19)22-16-3-2-6-21-23(16)17/h2-7,9,13-14H,8H2,1H3. The molecule has 4 rings (SSSR count). The number of fused-ring (bicyclic) bond motifs is 1. The Labute approximate surface area is 131 Å².